The molecule has 0 saturated heterocycles. The highest BCUT2D eigenvalue weighted by Crippen LogP contribution is 2.31. The van der Waals surface area contributed by atoms with Crippen molar-refractivity contribution in [3.05, 3.63) is 42.7 Å². The Kier molecular flexibility index (Phi) is 5.41. The van der Waals surface area contributed by atoms with E-state index in [0.29, 0.717) is 11.6 Å². The van der Waals surface area contributed by atoms with Crippen LogP contribution in [0.3, 0.4) is 0 Å². The van der Waals surface area contributed by atoms with Crippen LogP contribution in [0.1, 0.15) is 6.92 Å². The minimum atomic E-state index is 0.680. The van der Waals surface area contributed by atoms with Crippen LogP contribution in [0.25, 0.3) is 0 Å². The number of nitrogens with one attached hydrogen (secondary N) is 1. The number of hydrogen-bond acceptors (Lipinski definition) is 6. The lowest BCUT2D eigenvalue weighted by Crippen LogP contribution is -2.20. The molecule has 0 saturated carbocycles. The standard InChI is InChI=1S/C17H22N4O2/c1-12(2)10-21(3)17-9-16(18-11-19-17)20-14-7-6-13(22-4)8-15(14)23-5/h6-9,11H,1,10H2,2-5H3,(H,18,19,20). The third kappa shape index (κ3) is 4.35. The van der Waals surface area contributed by atoms with Crippen molar-refractivity contribution in [2.45, 2.75) is 6.92 Å². The normalized spacial score (nSPS) is 10.1. The molecule has 2 rings (SSSR count). The number of anilines is 3. The number of ether oxygens (including phenoxy) is 2. The summed E-state index contributed by atoms with van der Waals surface area (Å²) in [5.41, 5.74) is 1.87. The van der Waals surface area contributed by atoms with Crippen LogP contribution in [0.4, 0.5) is 17.3 Å². The fourth-order valence-corrected chi connectivity index (χ4v) is 2.15. The maximum atomic E-state index is 5.38. The first-order valence-corrected chi connectivity index (χ1v) is 7.20. The molecule has 0 unspecified atom stereocenters. The molecule has 0 amide bonds. The van der Waals surface area contributed by atoms with E-state index in [1.165, 1.54) is 6.33 Å². The van der Waals surface area contributed by atoms with Gasteiger partial charge in [0.25, 0.3) is 0 Å². The minimum Gasteiger partial charge on any atom is -0.497 e. The fraction of sp³-hybridized carbons (Fsp3) is 0.294. The lowest BCUT2D eigenvalue weighted by atomic mass is 10.2. The third-order valence-corrected chi connectivity index (χ3v) is 3.22. The first-order chi connectivity index (χ1) is 11.0. The van der Waals surface area contributed by atoms with Gasteiger partial charge in [0.1, 0.15) is 29.5 Å². The summed E-state index contributed by atoms with van der Waals surface area (Å²) < 4.78 is 10.6. The van der Waals surface area contributed by atoms with Gasteiger partial charge in [-0.05, 0) is 19.1 Å². The number of nitrogens with zero attached hydrogens (tertiary/aromatic N) is 3. The number of benzene rings is 1. The van der Waals surface area contributed by atoms with Gasteiger partial charge in [-0.3, -0.25) is 0 Å². The number of likely N-dealkylation sites (N-methyl/N-ethyl adjacent to an activating group) is 1. The fourth-order valence-electron chi connectivity index (χ4n) is 2.15. The van der Waals surface area contributed by atoms with Crippen molar-refractivity contribution in [2.24, 2.45) is 0 Å². The molecule has 0 fully saturated rings. The van der Waals surface area contributed by atoms with Gasteiger partial charge < -0.3 is 19.7 Å². The number of methoxy groups -OCH3 is 2. The molecule has 0 spiro atoms. The van der Waals surface area contributed by atoms with Crippen molar-refractivity contribution in [2.75, 3.05) is 38.0 Å². The van der Waals surface area contributed by atoms with Crippen LogP contribution in [0.2, 0.25) is 0 Å². The predicted octanol–water partition coefficient (Wildman–Crippen LogP) is 3.25. The average molecular weight is 314 g/mol. The first kappa shape index (κ1) is 16.6. The molecule has 6 heteroatoms. The largest absolute Gasteiger partial charge is 0.497 e. The summed E-state index contributed by atoms with van der Waals surface area (Å²) in [5, 5.41) is 3.24. The Morgan fingerprint density at radius 1 is 1.22 bits per heavy atom. The van der Waals surface area contributed by atoms with E-state index < -0.39 is 0 Å². The van der Waals surface area contributed by atoms with E-state index in [-0.39, 0.29) is 0 Å². The van der Waals surface area contributed by atoms with Crippen molar-refractivity contribution in [3.63, 3.8) is 0 Å². The Labute approximate surface area is 136 Å². The summed E-state index contributed by atoms with van der Waals surface area (Å²) in [6.07, 6.45) is 1.53. The van der Waals surface area contributed by atoms with Crippen LogP contribution in [0.5, 0.6) is 11.5 Å². The number of aromatic nitrogens is 2. The lowest BCUT2D eigenvalue weighted by molar-refractivity contribution is 0.395. The second-order valence-electron chi connectivity index (χ2n) is 5.27. The molecule has 1 N–H and O–H groups in total. The SMILES string of the molecule is C=C(C)CN(C)c1cc(Nc2ccc(OC)cc2OC)ncn1. The van der Waals surface area contributed by atoms with Gasteiger partial charge in [0.05, 0.1) is 19.9 Å². The van der Waals surface area contributed by atoms with E-state index in [1.54, 1.807) is 14.2 Å². The van der Waals surface area contributed by atoms with E-state index in [2.05, 4.69) is 21.9 Å². The van der Waals surface area contributed by atoms with E-state index >= 15 is 0 Å². The summed E-state index contributed by atoms with van der Waals surface area (Å²) >= 11 is 0. The molecular weight excluding hydrogens is 292 g/mol. The van der Waals surface area contributed by atoms with Gasteiger partial charge in [-0.25, -0.2) is 9.97 Å². The highest BCUT2D eigenvalue weighted by molar-refractivity contribution is 5.67. The minimum absolute atomic E-state index is 0.680. The molecule has 0 aliphatic carbocycles. The van der Waals surface area contributed by atoms with E-state index in [0.717, 1.165) is 29.4 Å². The van der Waals surface area contributed by atoms with Gasteiger partial charge in [-0.15, -0.1) is 0 Å². The summed E-state index contributed by atoms with van der Waals surface area (Å²) in [6, 6.07) is 7.45. The third-order valence-electron chi connectivity index (χ3n) is 3.22. The van der Waals surface area contributed by atoms with Gasteiger partial charge in [0, 0.05) is 25.7 Å². The molecule has 6 nitrogen and oxygen atoms in total. The van der Waals surface area contributed by atoms with Gasteiger partial charge in [-0.1, -0.05) is 12.2 Å². The zero-order chi connectivity index (χ0) is 16.8. The summed E-state index contributed by atoms with van der Waals surface area (Å²) in [4.78, 5) is 10.6. The second kappa shape index (κ2) is 7.49. The van der Waals surface area contributed by atoms with Crippen molar-refractivity contribution < 1.29 is 9.47 Å². The quantitative estimate of drug-likeness (QED) is 0.792. The Balaban J connectivity index is 2.22. The molecule has 0 bridgehead atoms. The molecule has 1 heterocycles. The van der Waals surface area contributed by atoms with Crippen molar-refractivity contribution in [1.82, 2.24) is 9.97 Å². The van der Waals surface area contributed by atoms with Gasteiger partial charge in [0.15, 0.2) is 0 Å². The Morgan fingerprint density at radius 2 is 2.00 bits per heavy atom. The van der Waals surface area contributed by atoms with Crippen LogP contribution < -0.4 is 19.7 Å². The van der Waals surface area contributed by atoms with Crippen LogP contribution in [-0.2, 0) is 0 Å². The molecular formula is C17H22N4O2. The first-order valence-electron chi connectivity index (χ1n) is 7.20. The van der Waals surface area contributed by atoms with E-state index in [4.69, 9.17) is 9.47 Å². The van der Waals surface area contributed by atoms with E-state index in [9.17, 15) is 0 Å². The molecule has 0 radical (unpaired) electrons. The monoisotopic (exact) mass is 314 g/mol. The maximum absolute atomic E-state index is 5.38. The van der Waals surface area contributed by atoms with Gasteiger partial charge in [-0.2, -0.15) is 0 Å². The molecule has 0 atom stereocenters. The van der Waals surface area contributed by atoms with Gasteiger partial charge >= 0.3 is 0 Å². The zero-order valence-corrected chi connectivity index (χ0v) is 14.0. The summed E-state index contributed by atoms with van der Waals surface area (Å²) in [6.45, 7) is 6.64. The van der Waals surface area contributed by atoms with Crippen LogP contribution in [0, 0.1) is 0 Å². The predicted molar refractivity (Wildman–Crippen MR) is 92.9 cm³/mol. The second-order valence-corrected chi connectivity index (χ2v) is 5.27. The van der Waals surface area contributed by atoms with Crippen LogP contribution >= 0.6 is 0 Å². The molecule has 1 aromatic heterocycles. The lowest BCUT2D eigenvalue weighted by Gasteiger charge is -2.19. The average Bonchev–Trinajstić information content (AvgIpc) is 2.55. The maximum Gasteiger partial charge on any atom is 0.146 e. The molecule has 1 aromatic carbocycles. The Hall–Kier alpha value is -2.76. The smallest absolute Gasteiger partial charge is 0.146 e. The van der Waals surface area contributed by atoms with Crippen molar-refractivity contribution in [3.8, 4) is 11.5 Å². The summed E-state index contributed by atoms with van der Waals surface area (Å²) in [5.74, 6) is 2.92. The highest BCUT2D eigenvalue weighted by atomic mass is 16.5. The van der Waals surface area contributed by atoms with Crippen LogP contribution in [0.15, 0.2) is 42.7 Å². The molecule has 2 aromatic rings. The van der Waals surface area contributed by atoms with Crippen molar-refractivity contribution in [1.29, 1.82) is 0 Å². The molecule has 122 valence electrons. The molecule has 0 aliphatic rings. The van der Waals surface area contributed by atoms with Crippen molar-refractivity contribution >= 4 is 17.3 Å². The zero-order valence-electron chi connectivity index (χ0n) is 14.0. The van der Waals surface area contributed by atoms with Crippen LogP contribution in [-0.4, -0.2) is 37.8 Å². The summed E-state index contributed by atoms with van der Waals surface area (Å²) in [7, 11) is 5.21. The molecule has 23 heavy (non-hydrogen) atoms. The van der Waals surface area contributed by atoms with E-state index in [1.807, 2.05) is 43.1 Å². The highest BCUT2D eigenvalue weighted by Gasteiger charge is 2.08. The van der Waals surface area contributed by atoms with Gasteiger partial charge in [0.2, 0.25) is 0 Å². The number of rotatable bonds is 7. The Morgan fingerprint density at radius 3 is 2.65 bits per heavy atom. The molecule has 0 aliphatic heterocycles. The Bertz CT molecular complexity index is 688. The number of hydrogen-bond donors (Lipinski definition) is 1. The topological polar surface area (TPSA) is 59.5 Å².